The van der Waals surface area contributed by atoms with Crippen LogP contribution in [0.4, 0.5) is 5.69 Å². The maximum absolute atomic E-state index is 6.21. The zero-order valence-electron chi connectivity index (χ0n) is 15.7. The average molecular weight is 398 g/mol. The van der Waals surface area contributed by atoms with Crippen LogP contribution in [0, 0.1) is 0 Å². The fourth-order valence-electron chi connectivity index (χ4n) is 3.44. The molecular weight excluding hydrogens is 374 g/mol. The van der Waals surface area contributed by atoms with Gasteiger partial charge in [0.2, 0.25) is 0 Å². The molecule has 0 unspecified atom stereocenters. The number of piperazine rings is 1. The highest BCUT2D eigenvalue weighted by Crippen LogP contribution is 2.19. The van der Waals surface area contributed by atoms with Crippen molar-refractivity contribution in [1.82, 2.24) is 19.5 Å². The van der Waals surface area contributed by atoms with E-state index >= 15 is 0 Å². The Kier molecular flexibility index (Phi) is 5.62. The van der Waals surface area contributed by atoms with E-state index in [0.29, 0.717) is 12.5 Å². The number of halogens is 1. The first-order valence-electron chi connectivity index (χ1n) is 9.55. The number of fused-ring (bicyclic) bond motifs is 1. The van der Waals surface area contributed by atoms with Crippen LogP contribution in [-0.2, 0) is 6.42 Å². The van der Waals surface area contributed by atoms with Crippen LogP contribution in [0.1, 0.15) is 12.2 Å². The van der Waals surface area contributed by atoms with Crippen LogP contribution in [0.15, 0.2) is 53.7 Å². The molecule has 0 saturated carbocycles. The van der Waals surface area contributed by atoms with Crippen molar-refractivity contribution in [2.75, 3.05) is 37.6 Å². The fourth-order valence-corrected chi connectivity index (χ4v) is 3.56. The van der Waals surface area contributed by atoms with E-state index in [1.165, 1.54) is 5.69 Å². The van der Waals surface area contributed by atoms with E-state index in [1.807, 2.05) is 40.9 Å². The number of benzene rings is 1. The second kappa shape index (κ2) is 8.48. The number of aromatic nitrogens is 3. The van der Waals surface area contributed by atoms with Gasteiger partial charge in [-0.05, 0) is 42.8 Å². The summed E-state index contributed by atoms with van der Waals surface area (Å²) in [5.74, 6) is 1.59. The molecule has 8 heteroatoms. The number of nitrogens with zero attached hydrogens (tertiary/aromatic N) is 6. The number of aliphatic imine (C=N–C) groups is 1. The molecular formula is C20H24ClN7. The van der Waals surface area contributed by atoms with E-state index in [1.54, 1.807) is 0 Å². The standard InChI is InChI=1S/C20H24ClN7/c21-16-6-8-17(9-7-16)26-12-14-27(15-13-26)20(22)23-10-3-5-19-25-24-18-4-1-2-11-28(18)19/h1-2,4,6-9,11H,3,5,10,12-15H2,(H2,22,23). The van der Waals surface area contributed by atoms with Gasteiger partial charge in [-0.2, -0.15) is 0 Å². The van der Waals surface area contributed by atoms with Gasteiger partial charge in [0.1, 0.15) is 5.82 Å². The van der Waals surface area contributed by atoms with Crippen LogP contribution in [0.25, 0.3) is 5.65 Å². The molecule has 0 aliphatic carbocycles. The first kappa shape index (κ1) is 18.6. The summed E-state index contributed by atoms with van der Waals surface area (Å²) < 4.78 is 2.02. The summed E-state index contributed by atoms with van der Waals surface area (Å²) in [7, 11) is 0. The van der Waals surface area contributed by atoms with Gasteiger partial charge in [0.25, 0.3) is 0 Å². The summed E-state index contributed by atoms with van der Waals surface area (Å²) >= 11 is 5.97. The van der Waals surface area contributed by atoms with Gasteiger partial charge in [0, 0.05) is 56.1 Å². The molecule has 28 heavy (non-hydrogen) atoms. The number of hydrogen-bond acceptors (Lipinski definition) is 4. The molecule has 3 aromatic rings. The molecule has 2 N–H and O–H groups in total. The minimum absolute atomic E-state index is 0.627. The van der Waals surface area contributed by atoms with Gasteiger partial charge in [0.15, 0.2) is 11.6 Å². The van der Waals surface area contributed by atoms with Gasteiger partial charge in [-0.15, -0.1) is 10.2 Å². The Labute approximate surface area is 169 Å². The predicted molar refractivity (Wildman–Crippen MR) is 113 cm³/mol. The molecule has 0 atom stereocenters. The minimum Gasteiger partial charge on any atom is -0.370 e. The highest BCUT2D eigenvalue weighted by atomic mass is 35.5. The quantitative estimate of drug-likeness (QED) is 0.406. The Morgan fingerprint density at radius 1 is 1.04 bits per heavy atom. The Morgan fingerprint density at radius 3 is 2.61 bits per heavy atom. The van der Waals surface area contributed by atoms with Crippen LogP contribution in [-0.4, -0.2) is 58.2 Å². The summed E-state index contributed by atoms with van der Waals surface area (Å²) in [6.45, 7) is 4.26. The highest BCUT2D eigenvalue weighted by molar-refractivity contribution is 6.30. The number of hydrogen-bond donors (Lipinski definition) is 1. The van der Waals surface area contributed by atoms with Gasteiger partial charge in [-0.1, -0.05) is 17.7 Å². The molecule has 1 aromatic carbocycles. The summed E-state index contributed by atoms with van der Waals surface area (Å²) in [5, 5.41) is 9.19. The first-order valence-corrected chi connectivity index (χ1v) is 9.92. The first-order chi connectivity index (χ1) is 13.7. The third-order valence-electron chi connectivity index (χ3n) is 5.01. The number of aryl methyl sites for hydroxylation is 1. The Hall–Kier alpha value is -2.80. The lowest BCUT2D eigenvalue weighted by Gasteiger charge is -2.36. The summed E-state index contributed by atoms with van der Waals surface area (Å²) in [6.07, 6.45) is 3.70. The summed E-state index contributed by atoms with van der Waals surface area (Å²) in [6, 6.07) is 13.9. The lowest BCUT2D eigenvalue weighted by Crippen LogP contribution is -2.51. The number of rotatable bonds is 5. The third-order valence-corrected chi connectivity index (χ3v) is 5.26. The molecule has 0 radical (unpaired) electrons. The van der Waals surface area contributed by atoms with Crippen LogP contribution < -0.4 is 10.6 Å². The maximum atomic E-state index is 6.21. The molecule has 2 aromatic heterocycles. The van der Waals surface area contributed by atoms with E-state index in [4.69, 9.17) is 17.3 Å². The highest BCUT2D eigenvalue weighted by Gasteiger charge is 2.18. The molecule has 146 valence electrons. The van der Waals surface area contributed by atoms with Crippen LogP contribution in [0.2, 0.25) is 5.02 Å². The monoisotopic (exact) mass is 397 g/mol. The van der Waals surface area contributed by atoms with E-state index in [-0.39, 0.29) is 0 Å². The minimum atomic E-state index is 0.627. The number of guanidine groups is 1. The van der Waals surface area contributed by atoms with Crippen molar-refractivity contribution >= 4 is 28.9 Å². The fraction of sp³-hybridized carbons (Fsp3) is 0.350. The van der Waals surface area contributed by atoms with E-state index in [2.05, 4.69) is 37.1 Å². The maximum Gasteiger partial charge on any atom is 0.191 e. The summed E-state index contributed by atoms with van der Waals surface area (Å²) in [4.78, 5) is 9.06. The second-order valence-electron chi connectivity index (χ2n) is 6.84. The Balaban J connectivity index is 1.25. The molecule has 1 aliphatic heterocycles. The molecule has 7 nitrogen and oxygen atoms in total. The second-order valence-corrected chi connectivity index (χ2v) is 7.28. The van der Waals surface area contributed by atoms with E-state index in [9.17, 15) is 0 Å². The summed E-state index contributed by atoms with van der Waals surface area (Å²) in [5.41, 5.74) is 8.28. The Bertz CT molecular complexity index is 943. The lowest BCUT2D eigenvalue weighted by molar-refractivity contribution is 0.380. The van der Waals surface area contributed by atoms with Gasteiger partial charge in [-0.25, -0.2) is 0 Å². The molecule has 1 fully saturated rings. The molecule has 1 saturated heterocycles. The van der Waals surface area contributed by atoms with Crippen LogP contribution in [0.3, 0.4) is 0 Å². The van der Waals surface area contributed by atoms with Gasteiger partial charge < -0.3 is 15.5 Å². The van der Waals surface area contributed by atoms with Gasteiger partial charge in [0.05, 0.1) is 0 Å². The van der Waals surface area contributed by atoms with Crippen LogP contribution >= 0.6 is 11.6 Å². The van der Waals surface area contributed by atoms with Crippen molar-refractivity contribution in [2.45, 2.75) is 12.8 Å². The molecule has 0 spiro atoms. The predicted octanol–water partition coefficient (Wildman–Crippen LogP) is 2.45. The normalized spacial score (nSPS) is 15.4. The number of pyridine rings is 1. The average Bonchev–Trinajstić information content (AvgIpc) is 3.15. The van der Waals surface area contributed by atoms with Crippen LogP contribution in [0.5, 0.6) is 0 Å². The number of anilines is 1. The van der Waals surface area contributed by atoms with Crippen molar-refractivity contribution in [1.29, 1.82) is 0 Å². The largest absolute Gasteiger partial charge is 0.370 e. The van der Waals surface area contributed by atoms with Gasteiger partial charge in [-0.3, -0.25) is 9.39 Å². The molecule has 3 heterocycles. The molecule has 4 rings (SSSR count). The van der Waals surface area contributed by atoms with E-state index < -0.39 is 0 Å². The smallest absolute Gasteiger partial charge is 0.191 e. The molecule has 1 aliphatic rings. The molecule has 0 bridgehead atoms. The SMILES string of the molecule is NC(=NCCCc1nnc2ccccn12)N1CCN(c2ccc(Cl)cc2)CC1. The van der Waals surface area contributed by atoms with E-state index in [0.717, 1.165) is 55.5 Å². The zero-order chi connectivity index (χ0) is 19.3. The third kappa shape index (κ3) is 4.20. The van der Waals surface area contributed by atoms with Crippen molar-refractivity contribution in [3.05, 3.63) is 59.5 Å². The van der Waals surface area contributed by atoms with Gasteiger partial charge >= 0.3 is 0 Å². The van der Waals surface area contributed by atoms with Crippen molar-refractivity contribution < 1.29 is 0 Å². The van der Waals surface area contributed by atoms with Crippen molar-refractivity contribution in [3.8, 4) is 0 Å². The number of nitrogens with two attached hydrogens (primary N) is 1. The topological polar surface area (TPSA) is 75.0 Å². The Morgan fingerprint density at radius 2 is 1.82 bits per heavy atom. The lowest BCUT2D eigenvalue weighted by atomic mass is 10.2. The molecule has 0 amide bonds. The van der Waals surface area contributed by atoms with Crippen molar-refractivity contribution in [3.63, 3.8) is 0 Å². The zero-order valence-corrected chi connectivity index (χ0v) is 16.5. The van der Waals surface area contributed by atoms with Crippen molar-refractivity contribution in [2.24, 2.45) is 10.7 Å².